The monoisotopic (exact) mass is 211 g/mol. The molecule has 0 spiro atoms. The first-order chi connectivity index (χ1) is 7.08. The van der Waals surface area contributed by atoms with E-state index in [0.717, 1.165) is 13.0 Å². The van der Waals surface area contributed by atoms with E-state index in [9.17, 15) is 4.79 Å². The number of aliphatic carboxylic acids is 1. The maximum atomic E-state index is 10.9. The minimum Gasteiger partial charge on any atom is -0.480 e. The Bertz CT molecular complexity index is 310. The first kappa shape index (κ1) is 11.7. The first-order valence-corrected chi connectivity index (χ1v) is 5.06. The molecule has 3 N–H and O–H groups in total. The lowest BCUT2D eigenvalue weighted by Crippen LogP contribution is -2.47. The molecule has 15 heavy (non-hydrogen) atoms. The van der Waals surface area contributed by atoms with Gasteiger partial charge in [-0.15, -0.1) is 0 Å². The van der Waals surface area contributed by atoms with Crippen molar-refractivity contribution in [3.05, 3.63) is 18.7 Å². The molecule has 1 heterocycles. The zero-order valence-electron chi connectivity index (χ0n) is 8.89. The van der Waals surface area contributed by atoms with Gasteiger partial charge in [-0.05, 0) is 19.3 Å². The van der Waals surface area contributed by atoms with Gasteiger partial charge in [0.2, 0.25) is 0 Å². The summed E-state index contributed by atoms with van der Waals surface area (Å²) < 4.78 is 1.91. The summed E-state index contributed by atoms with van der Waals surface area (Å²) in [5, 5.41) is 8.95. The number of nitrogens with zero attached hydrogens (tertiary/aromatic N) is 2. The molecule has 0 aliphatic carbocycles. The van der Waals surface area contributed by atoms with Gasteiger partial charge in [0.1, 0.15) is 5.54 Å². The molecule has 0 aliphatic rings. The van der Waals surface area contributed by atoms with Gasteiger partial charge in [0, 0.05) is 18.9 Å². The molecule has 0 amide bonds. The van der Waals surface area contributed by atoms with Crippen LogP contribution in [0.1, 0.15) is 26.2 Å². The molecule has 84 valence electrons. The highest BCUT2D eigenvalue weighted by atomic mass is 16.4. The Morgan fingerprint density at radius 1 is 1.67 bits per heavy atom. The van der Waals surface area contributed by atoms with Crippen LogP contribution in [0.25, 0.3) is 0 Å². The minimum atomic E-state index is -1.08. The average Bonchev–Trinajstić information content (AvgIpc) is 2.70. The average molecular weight is 211 g/mol. The maximum absolute atomic E-state index is 10.9. The molecular weight excluding hydrogens is 194 g/mol. The third-order valence-corrected chi connectivity index (χ3v) is 2.66. The van der Waals surface area contributed by atoms with Gasteiger partial charge < -0.3 is 15.4 Å². The van der Waals surface area contributed by atoms with E-state index in [1.165, 1.54) is 0 Å². The lowest BCUT2D eigenvalue weighted by atomic mass is 9.92. The van der Waals surface area contributed by atoms with Crippen LogP contribution < -0.4 is 5.73 Å². The second kappa shape index (κ2) is 4.93. The van der Waals surface area contributed by atoms with Crippen molar-refractivity contribution in [2.24, 2.45) is 5.73 Å². The van der Waals surface area contributed by atoms with E-state index in [-0.39, 0.29) is 0 Å². The summed E-state index contributed by atoms with van der Waals surface area (Å²) >= 11 is 0. The van der Waals surface area contributed by atoms with Crippen molar-refractivity contribution >= 4 is 5.97 Å². The molecule has 0 fully saturated rings. The Labute approximate surface area is 88.9 Å². The number of carboxylic acids is 1. The summed E-state index contributed by atoms with van der Waals surface area (Å²) in [5.41, 5.74) is 4.67. The van der Waals surface area contributed by atoms with Crippen LogP contribution in [0.2, 0.25) is 0 Å². The molecular formula is C10H17N3O2. The minimum absolute atomic E-state index is 0.451. The van der Waals surface area contributed by atoms with Crippen LogP contribution in [-0.2, 0) is 11.3 Å². The van der Waals surface area contributed by atoms with Crippen molar-refractivity contribution in [1.29, 1.82) is 0 Å². The number of aromatic nitrogens is 2. The molecule has 1 atom stereocenters. The van der Waals surface area contributed by atoms with Gasteiger partial charge in [-0.2, -0.15) is 0 Å². The fourth-order valence-corrected chi connectivity index (χ4v) is 1.43. The van der Waals surface area contributed by atoms with Gasteiger partial charge >= 0.3 is 5.97 Å². The normalized spacial score (nSPS) is 14.8. The van der Waals surface area contributed by atoms with E-state index in [4.69, 9.17) is 10.8 Å². The van der Waals surface area contributed by atoms with E-state index in [2.05, 4.69) is 4.98 Å². The van der Waals surface area contributed by atoms with Gasteiger partial charge in [-0.25, -0.2) is 4.98 Å². The van der Waals surface area contributed by atoms with Crippen LogP contribution in [0, 0.1) is 0 Å². The summed E-state index contributed by atoms with van der Waals surface area (Å²) in [5.74, 6) is -0.921. The third kappa shape index (κ3) is 3.06. The van der Waals surface area contributed by atoms with E-state index < -0.39 is 11.5 Å². The Morgan fingerprint density at radius 2 is 2.40 bits per heavy atom. The summed E-state index contributed by atoms with van der Waals surface area (Å²) in [4.78, 5) is 14.8. The van der Waals surface area contributed by atoms with Crippen LogP contribution in [0.15, 0.2) is 18.7 Å². The van der Waals surface area contributed by atoms with E-state index in [1.807, 2.05) is 10.8 Å². The SMILES string of the molecule is CCC(N)(CCCn1ccnc1)C(=O)O. The molecule has 0 saturated heterocycles. The van der Waals surface area contributed by atoms with E-state index in [0.29, 0.717) is 12.8 Å². The predicted molar refractivity (Wildman–Crippen MR) is 56.3 cm³/mol. The van der Waals surface area contributed by atoms with Crippen LogP contribution in [-0.4, -0.2) is 26.2 Å². The summed E-state index contributed by atoms with van der Waals surface area (Å²) in [6.45, 7) is 2.55. The highest BCUT2D eigenvalue weighted by Gasteiger charge is 2.30. The zero-order chi connectivity index (χ0) is 11.3. The molecule has 0 aliphatic heterocycles. The van der Waals surface area contributed by atoms with E-state index >= 15 is 0 Å². The maximum Gasteiger partial charge on any atom is 0.323 e. The molecule has 5 heteroatoms. The van der Waals surface area contributed by atoms with Crippen LogP contribution in [0.3, 0.4) is 0 Å². The fourth-order valence-electron chi connectivity index (χ4n) is 1.43. The predicted octanol–water partition coefficient (Wildman–Crippen LogP) is 0.855. The van der Waals surface area contributed by atoms with Crippen molar-refractivity contribution in [3.63, 3.8) is 0 Å². The Balaban J connectivity index is 2.38. The van der Waals surface area contributed by atoms with Crippen molar-refractivity contribution < 1.29 is 9.90 Å². The van der Waals surface area contributed by atoms with Gasteiger partial charge in [-0.3, -0.25) is 4.79 Å². The molecule has 0 radical (unpaired) electrons. The van der Waals surface area contributed by atoms with Crippen LogP contribution in [0.4, 0.5) is 0 Å². The molecule has 5 nitrogen and oxygen atoms in total. The number of rotatable bonds is 6. The number of hydrogen-bond acceptors (Lipinski definition) is 3. The third-order valence-electron chi connectivity index (χ3n) is 2.66. The second-order valence-electron chi connectivity index (χ2n) is 3.72. The zero-order valence-corrected chi connectivity index (χ0v) is 8.89. The smallest absolute Gasteiger partial charge is 0.323 e. The van der Waals surface area contributed by atoms with Crippen LogP contribution in [0.5, 0.6) is 0 Å². The number of imidazole rings is 1. The number of carbonyl (C=O) groups is 1. The summed E-state index contributed by atoms with van der Waals surface area (Å²) in [7, 11) is 0. The standard InChI is InChI=1S/C10H17N3O2/c1-2-10(11,9(14)15)4-3-6-13-7-5-12-8-13/h5,7-8H,2-4,6,11H2,1H3,(H,14,15). The molecule has 1 unspecified atom stereocenters. The molecule has 0 bridgehead atoms. The van der Waals surface area contributed by atoms with Crippen LogP contribution >= 0.6 is 0 Å². The van der Waals surface area contributed by atoms with Gasteiger partial charge in [0.15, 0.2) is 0 Å². The molecule has 0 aromatic carbocycles. The quantitative estimate of drug-likeness (QED) is 0.731. The Morgan fingerprint density at radius 3 is 2.87 bits per heavy atom. The first-order valence-electron chi connectivity index (χ1n) is 5.06. The number of nitrogens with two attached hydrogens (primary N) is 1. The van der Waals surface area contributed by atoms with Crippen molar-refractivity contribution in [1.82, 2.24) is 9.55 Å². The second-order valence-corrected chi connectivity index (χ2v) is 3.72. The topological polar surface area (TPSA) is 81.1 Å². The van der Waals surface area contributed by atoms with E-state index in [1.54, 1.807) is 19.4 Å². The lowest BCUT2D eigenvalue weighted by molar-refractivity contribution is -0.143. The largest absolute Gasteiger partial charge is 0.480 e. The highest BCUT2D eigenvalue weighted by Crippen LogP contribution is 2.15. The summed E-state index contributed by atoms with van der Waals surface area (Å²) in [6, 6.07) is 0. The van der Waals surface area contributed by atoms with Gasteiger partial charge in [-0.1, -0.05) is 6.92 Å². The Kier molecular flexibility index (Phi) is 3.85. The molecule has 1 rings (SSSR count). The van der Waals surface area contributed by atoms with Crippen molar-refractivity contribution in [3.8, 4) is 0 Å². The summed E-state index contributed by atoms with van der Waals surface area (Å²) in [6.07, 6.45) is 6.94. The molecule has 1 aromatic rings. The molecule has 1 aromatic heterocycles. The lowest BCUT2D eigenvalue weighted by Gasteiger charge is -2.22. The molecule has 0 saturated carbocycles. The van der Waals surface area contributed by atoms with Crippen molar-refractivity contribution in [2.45, 2.75) is 38.3 Å². The number of aryl methyl sites for hydroxylation is 1. The van der Waals surface area contributed by atoms with Gasteiger partial charge in [0.05, 0.1) is 6.33 Å². The highest BCUT2D eigenvalue weighted by molar-refractivity contribution is 5.78. The number of carboxylic acid groups (broad SMARTS) is 1. The van der Waals surface area contributed by atoms with Crippen molar-refractivity contribution in [2.75, 3.05) is 0 Å². The Hall–Kier alpha value is -1.36. The number of hydrogen-bond donors (Lipinski definition) is 2. The van der Waals surface area contributed by atoms with Gasteiger partial charge in [0.25, 0.3) is 0 Å². The fraction of sp³-hybridized carbons (Fsp3) is 0.600.